The van der Waals surface area contributed by atoms with Crippen LogP contribution >= 0.6 is 11.3 Å². The summed E-state index contributed by atoms with van der Waals surface area (Å²) in [6.07, 6.45) is 12.0. The number of thiazole rings is 1. The molecule has 0 aliphatic heterocycles. The second kappa shape index (κ2) is 7.49. The topological polar surface area (TPSA) is 99.6 Å². The fourth-order valence-electron chi connectivity index (χ4n) is 3.81. The SMILES string of the molecule is Nc1c2cncnc2nn1C(CC1CCCCC1)C(=O)Cc1nccs1. The van der Waals surface area contributed by atoms with Crippen molar-refractivity contribution in [1.82, 2.24) is 24.7 Å². The van der Waals surface area contributed by atoms with Gasteiger partial charge < -0.3 is 5.73 Å². The maximum atomic E-state index is 13.1. The Labute approximate surface area is 155 Å². The van der Waals surface area contributed by atoms with Gasteiger partial charge in [0.25, 0.3) is 0 Å². The van der Waals surface area contributed by atoms with E-state index in [1.165, 1.54) is 49.8 Å². The van der Waals surface area contributed by atoms with E-state index in [9.17, 15) is 4.79 Å². The van der Waals surface area contributed by atoms with Gasteiger partial charge in [-0.2, -0.15) is 0 Å². The number of nitrogens with two attached hydrogens (primary N) is 1. The van der Waals surface area contributed by atoms with Gasteiger partial charge in [0.1, 0.15) is 18.2 Å². The average molecular weight is 370 g/mol. The number of hydrogen-bond donors (Lipinski definition) is 1. The minimum absolute atomic E-state index is 0.109. The Morgan fingerprint density at radius 3 is 2.88 bits per heavy atom. The molecule has 3 aromatic heterocycles. The van der Waals surface area contributed by atoms with Gasteiger partial charge in [0.2, 0.25) is 0 Å². The lowest BCUT2D eigenvalue weighted by molar-refractivity contribution is -0.122. The van der Waals surface area contributed by atoms with E-state index in [2.05, 4.69) is 20.1 Å². The van der Waals surface area contributed by atoms with Crippen LogP contribution in [0.25, 0.3) is 11.0 Å². The summed E-state index contributed by atoms with van der Waals surface area (Å²) >= 11 is 1.50. The van der Waals surface area contributed by atoms with Crippen LogP contribution in [0.2, 0.25) is 0 Å². The van der Waals surface area contributed by atoms with Gasteiger partial charge in [-0.1, -0.05) is 32.1 Å². The Morgan fingerprint density at radius 2 is 2.15 bits per heavy atom. The highest BCUT2D eigenvalue weighted by molar-refractivity contribution is 7.09. The molecule has 1 saturated carbocycles. The van der Waals surface area contributed by atoms with Crippen molar-refractivity contribution in [3.8, 4) is 0 Å². The zero-order valence-corrected chi connectivity index (χ0v) is 15.4. The van der Waals surface area contributed by atoms with Gasteiger partial charge in [0, 0.05) is 17.8 Å². The minimum Gasteiger partial charge on any atom is -0.383 e. The van der Waals surface area contributed by atoms with Crippen molar-refractivity contribution >= 4 is 34.0 Å². The van der Waals surface area contributed by atoms with E-state index in [1.807, 2.05) is 5.38 Å². The van der Waals surface area contributed by atoms with Gasteiger partial charge in [-0.25, -0.2) is 19.6 Å². The van der Waals surface area contributed by atoms with E-state index in [4.69, 9.17) is 5.73 Å². The molecule has 0 saturated heterocycles. The Morgan fingerprint density at radius 1 is 1.31 bits per heavy atom. The van der Waals surface area contributed by atoms with Crippen LogP contribution in [-0.4, -0.2) is 30.5 Å². The quantitative estimate of drug-likeness (QED) is 0.715. The molecule has 2 N–H and O–H groups in total. The van der Waals surface area contributed by atoms with Crippen molar-refractivity contribution in [3.05, 3.63) is 29.1 Å². The van der Waals surface area contributed by atoms with Crippen molar-refractivity contribution in [2.75, 3.05) is 5.73 Å². The molecule has 3 heterocycles. The summed E-state index contributed by atoms with van der Waals surface area (Å²) in [7, 11) is 0. The number of Topliss-reactive ketones (excluding diaryl/α,β-unsaturated/α-hetero) is 1. The highest BCUT2D eigenvalue weighted by Crippen LogP contribution is 2.33. The predicted octanol–water partition coefficient (Wildman–Crippen LogP) is 3.19. The van der Waals surface area contributed by atoms with Gasteiger partial charge in [-0.3, -0.25) is 4.79 Å². The highest BCUT2D eigenvalue weighted by atomic mass is 32.1. The lowest BCUT2D eigenvalue weighted by atomic mass is 9.83. The molecule has 0 amide bonds. The summed E-state index contributed by atoms with van der Waals surface area (Å²) in [6.45, 7) is 0. The summed E-state index contributed by atoms with van der Waals surface area (Å²) in [5.74, 6) is 1.11. The normalized spacial score (nSPS) is 16.8. The van der Waals surface area contributed by atoms with Crippen LogP contribution in [0.1, 0.15) is 49.6 Å². The Kier molecular flexibility index (Phi) is 4.92. The molecule has 3 aromatic rings. The number of anilines is 1. The first-order valence-corrected chi connectivity index (χ1v) is 9.95. The Balaban J connectivity index is 1.66. The largest absolute Gasteiger partial charge is 0.383 e. The molecule has 1 aliphatic carbocycles. The Bertz CT molecular complexity index is 884. The molecule has 1 fully saturated rings. The van der Waals surface area contributed by atoms with Crippen molar-refractivity contribution in [3.63, 3.8) is 0 Å². The van der Waals surface area contributed by atoms with Gasteiger partial charge in [0.15, 0.2) is 11.4 Å². The van der Waals surface area contributed by atoms with E-state index in [0.29, 0.717) is 29.2 Å². The molecule has 1 unspecified atom stereocenters. The van der Waals surface area contributed by atoms with Crippen molar-refractivity contribution in [1.29, 1.82) is 0 Å². The third-order valence-electron chi connectivity index (χ3n) is 5.17. The Hall–Kier alpha value is -2.35. The molecule has 0 radical (unpaired) electrons. The predicted molar refractivity (Wildman–Crippen MR) is 101 cm³/mol. The standard InChI is InChI=1S/C18H22N6OS/c19-17-13-10-20-11-22-18(13)23-24(17)14(8-12-4-2-1-3-5-12)15(25)9-16-21-6-7-26-16/h6-7,10-12,14H,1-5,8-9,19H2. The number of aromatic nitrogens is 5. The van der Waals surface area contributed by atoms with E-state index >= 15 is 0 Å². The smallest absolute Gasteiger partial charge is 0.186 e. The second-order valence-corrected chi connectivity index (χ2v) is 7.89. The van der Waals surface area contributed by atoms with Gasteiger partial charge in [0.05, 0.1) is 16.8 Å². The summed E-state index contributed by atoms with van der Waals surface area (Å²) in [6, 6.07) is -0.379. The summed E-state index contributed by atoms with van der Waals surface area (Å²) in [4.78, 5) is 25.6. The molecule has 26 heavy (non-hydrogen) atoms. The van der Waals surface area contributed by atoms with Crippen LogP contribution in [0.4, 0.5) is 5.82 Å². The third kappa shape index (κ3) is 3.46. The first-order chi connectivity index (χ1) is 12.7. The minimum atomic E-state index is -0.379. The van der Waals surface area contributed by atoms with Crippen LogP contribution < -0.4 is 5.73 Å². The number of rotatable bonds is 6. The maximum Gasteiger partial charge on any atom is 0.186 e. The summed E-state index contributed by atoms with van der Waals surface area (Å²) in [5.41, 5.74) is 6.85. The number of carbonyl (C=O) groups is 1. The molecule has 7 nitrogen and oxygen atoms in total. The molecule has 0 aromatic carbocycles. The van der Waals surface area contributed by atoms with E-state index in [0.717, 1.165) is 11.4 Å². The number of nitrogens with zero attached hydrogens (tertiary/aromatic N) is 5. The molecule has 0 bridgehead atoms. The average Bonchev–Trinajstić information content (AvgIpc) is 3.29. The molecule has 1 atom stereocenters. The van der Waals surface area contributed by atoms with Gasteiger partial charge >= 0.3 is 0 Å². The summed E-state index contributed by atoms with van der Waals surface area (Å²) in [5, 5.41) is 7.95. The number of hydrogen-bond acceptors (Lipinski definition) is 7. The van der Waals surface area contributed by atoms with Crippen molar-refractivity contribution < 1.29 is 4.79 Å². The van der Waals surface area contributed by atoms with Crippen molar-refractivity contribution in [2.45, 2.75) is 51.0 Å². The van der Waals surface area contributed by atoms with Crippen LogP contribution in [0, 0.1) is 5.92 Å². The third-order valence-corrected chi connectivity index (χ3v) is 5.95. The van der Waals surface area contributed by atoms with Crippen LogP contribution in [0.15, 0.2) is 24.1 Å². The number of ketones is 1. The van der Waals surface area contributed by atoms with E-state index in [-0.39, 0.29) is 11.8 Å². The van der Waals surface area contributed by atoms with E-state index < -0.39 is 0 Å². The molecule has 4 rings (SSSR count). The first-order valence-electron chi connectivity index (χ1n) is 9.07. The van der Waals surface area contributed by atoms with Crippen LogP contribution in [0.3, 0.4) is 0 Å². The zero-order valence-electron chi connectivity index (χ0n) is 14.5. The lowest BCUT2D eigenvalue weighted by Gasteiger charge is -2.26. The second-order valence-electron chi connectivity index (χ2n) is 6.91. The van der Waals surface area contributed by atoms with Crippen LogP contribution in [0.5, 0.6) is 0 Å². The monoisotopic (exact) mass is 370 g/mol. The van der Waals surface area contributed by atoms with E-state index in [1.54, 1.807) is 17.1 Å². The molecule has 136 valence electrons. The number of carbonyl (C=O) groups excluding carboxylic acids is 1. The molecule has 0 spiro atoms. The first kappa shape index (κ1) is 17.1. The molecule has 8 heteroatoms. The lowest BCUT2D eigenvalue weighted by Crippen LogP contribution is -2.26. The highest BCUT2D eigenvalue weighted by Gasteiger charge is 2.29. The molecule has 1 aliphatic rings. The fourth-order valence-corrected chi connectivity index (χ4v) is 4.44. The maximum absolute atomic E-state index is 13.1. The fraction of sp³-hybridized carbons (Fsp3) is 0.500. The summed E-state index contributed by atoms with van der Waals surface area (Å²) < 4.78 is 1.67. The molecular formula is C18H22N6OS. The van der Waals surface area contributed by atoms with Crippen LogP contribution in [-0.2, 0) is 11.2 Å². The van der Waals surface area contributed by atoms with Gasteiger partial charge in [-0.15, -0.1) is 16.4 Å². The number of fused-ring (bicyclic) bond motifs is 1. The van der Waals surface area contributed by atoms with Gasteiger partial charge in [-0.05, 0) is 12.3 Å². The number of nitrogen functional groups attached to an aromatic ring is 1. The zero-order chi connectivity index (χ0) is 17.9. The van der Waals surface area contributed by atoms with Crippen molar-refractivity contribution in [2.24, 2.45) is 5.92 Å². The molecular weight excluding hydrogens is 348 g/mol.